The van der Waals surface area contributed by atoms with Gasteiger partial charge in [0, 0.05) is 33.1 Å². The Kier molecular flexibility index (Phi) is 7.92. The second-order valence-corrected chi connectivity index (χ2v) is 16.8. The van der Waals surface area contributed by atoms with Crippen LogP contribution in [0.5, 0.6) is 0 Å². The van der Waals surface area contributed by atoms with Gasteiger partial charge in [0.05, 0.1) is 5.69 Å². The van der Waals surface area contributed by atoms with E-state index in [9.17, 15) is 0 Å². The summed E-state index contributed by atoms with van der Waals surface area (Å²) >= 11 is 0. The zero-order valence-electron chi connectivity index (χ0n) is 34.1. The topological polar surface area (TPSA) is 16.4 Å². The predicted molar refractivity (Wildman–Crippen MR) is 257 cm³/mol. The minimum atomic E-state index is -0.0790. The molecular weight excluding hydrogens is 739 g/mol. The fraction of sp³-hybridized carbons (Fsp3) is 0.0508. The van der Waals surface area contributed by atoms with E-state index in [0.29, 0.717) is 0 Å². The Morgan fingerprint density at radius 3 is 1.89 bits per heavy atom. The van der Waals surface area contributed by atoms with Crippen LogP contribution in [-0.2, 0) is 5.41 Å². The first-order chi connectivity index (χ1) is 30.0. The van der Waals surface area contributed by atoms with Crippen LogP contribution in [0.1, 0.15) is 25.0 Å². The molecule has 1 heterocycles. The van der Waals surface area contributed by atoms with E-state index in [1.165, 1.54) is 66.1 Å². The van der Waals surface area contributed by atoms with Crippen molar-refractivity contribution in [1.82, 2.24) is 0 Å². The van der Waals surface area contributed by atoms with Gasteiger partial charge in [-0.3, -0.25) is 0 Å². The Bertz CT molecular complexity index is 3520. The monoisotopic (exact) mass is 779 g/mol. The first-order valence-electron chi connectivity index (χ1n) is 21.2. The highest BCUT2D eigenvalue weighted by molar-refractivity contribution is 6.12. The van der Waals surface area contributed by atoms with Gasteiger partial charge in [-0.25, -0.2) is 0 Å². The zero-order chi connectivity index (χ0) is 40.7. The first kappa shape index (κ1) is 35.3. The highest BCUT2D eigenvalue weighted by Crippen LogP contribution is 2.52. The largest absolute Gasteiger partial charge is 0.456 e. The fourth-order valence-corrected chi connectivity index (χ4v) is 10.1. The second-order valence-electron chi connectivity index (χ2n) is 16.8. The van der Waals surface area contributed by atoms with Gasteiger partial charge in [0.15, 0.2) is 0 Å². The lowest BCUT2D eigenvalue weighted by Crippen LogP contribution is -2.14. The highest BCUT2D eigenvalue weighted by Gasteiger charge is 2.36. The normalized spacial score (nSPS) is 12.9. The maximum Gasteiger partial charge on any atom is 0.136 e. The summed E-state index contributed by atoms with van der Waals surface area (Å²) in [5, 5.41) is 7.31. The Hall–Kier alpha value is -7.68. The summed E-state index contributed by atoms with van der Waals surface area (Å²) in [6, 6.07) is 77.5. The van der Waals surface area contributed by atoms with Crippen molar-refractivity contribution in [2.24, 2.45) is 0 Å². The molecule has 0 bridgehead atoms. The van der Waals surface area contributed by atoms with Gasteiger partial charge in [0.25, 0.3) is 0 Å². The first-order valence-corrected chi connectivity index (χ1v) is 21.2. The molecule has 288 valence electrons. The molecule has 10 aromatic carbocycles. The third-order valence-corrected chi connectivity index (χ3v) is 13.1. The lowest BCUT2D eigenvalue weighted by molar-refractivity contribution is 0.660. The standard InChI is InChI=1S/C59H41NO/c1-59(2)53-24-8-5-20-52(53)58-47(22-13-25-54(58)59)40-15-11-16-43(36-40)60(55-26-9-6-18-46(55)41-31-35-51-50-19-7-10-27-56(50)61-57(51)37-41)42-32-28-39(29-33-42)45-21-12-23-48-44-17-4-3-14-38(44)30-34-49(45)48/h3-37H,1-2H3. The fourth-order valence-electron chi connectivity index (χ4n) is 10.1. The van der Waals surface area contributed by atoms with Crippen LogP contribution in [0.25, 0.3) is 88.0 Å². The van der Waals surface area contributed by atoms with Crippen molar-refractivity contribution in [1.29, 1.82) is 0 Å². The molecule has 2 nitrogen and oxygen atoms in total. The van der Waals surface area contributed by atoms with E-state index >= 15 is 0 Å². The van der Waals surface area contributed by atoms with Gasteiger partial charge in [-0.15, -0.1) is 0 Å². The zero-order valence-corrected chi connectivity index (χ0v) is 34.1. The van der Waals surface area contributed by atoms with Gasteiger partial charge in [-0.05, 0) is 120 Å². The number of benzene rings is 10. The van der Waals surface area contributed by atoms with E-state index in [1.54, 1.807) is 0 Å². The van der Waals surface area contributed by atoms with Crippen LogP contribution in [0.15, 0.2) is 217 Å². The number of para-hydroxylation sites is 2. The van der Waals surface area contributed by atoms with E-state index in [-0.39, 0.29) is 5.41 Å². The van der Waals surface area contributed by atoms with Crippen molar-refractivity contribution in [2.45, 2.75) is 19.3 Å². The lowest BCUT2D eigenvalue weighted by atomic mass is 9.82. The molecule has 0 unspecified atom stereocenters. The van der Waals surface area contributed by atoms with Gasteiger partial charge in [0.2, 0.25) is 0 Å². The Labute approximate surface area is 355 Å². The van der Waals surface area contributed by atoms with Crippen molar-refractivity contribution in [2.75, 3.05) is 4.90 Å². The summed E-state index contributed by atoms with van der Waals surface area (Å²) in [6.45, 7) is 4.70. The molecule has 0 atom stereocenters. The van der Waals surface area contributed by atoms with Crippen molar-refractivity contribution in [3.05, 3.63) is 223 Å². The smallest absolute Gasteiger partial charge is 0.136 e. The summed E-state index contributed by atoms with van der Waals surface area (Å²) in [5.41, 5.74) is 17.4. The molecule has 12 rings (SSSR count). The third kappa shape index (κ3) is 5.56. The quantitative estimate of drug-likeness (QED) is 0.156. The molecule has 61 heavy (non-hydrogen) atoms. The van der Waals surface area contributed by atoms with Crippen molar-refractivity contribution < 1.29 is 4.42 Å². The van der Waals surface area contributed by atoms with E-state index in [0.717, 1.165) is 50.1 Å². The minimum Gasteiger partial charge on any atom is -0.456 e. The minimum absolute atomic E-state index is 0.0790. The van der Waals surface area contributed by atoms with E-state index in [2.05, 4.69) is 219 Å². The average molecular weight is 780 g/mol. The Morgan fingerprint density at radius 2 is 0.984 bits per heavy atom. The van der Waals surface area contributed by atoms with Crippen molar-refractivity contribution in [3.8, 4) is 44.5 Å². The van der Waals surface area contributed by atoms with E-state index in [1.807, 2.05) is 12.1 Å². The SMILES string of the molecule is CC1(C)c2ccccc2-c2c(-c3cccc(N(c4ccc(-c5cccc6c5ccc5ccccc56)cc4)c4ccccc4-c4ccc5c(c4)oc4ccccc45)c3)cccc21. The number of furan rings is 1. The van der Waals surface area contributed by atoms with Crippen LogP contribution >= 0.6 is 0 Å². The molecule has 0 N–H and O–H groups in total. The van der Waals surface area contributed by atoms with Crippen molar-refractivity contribution >= 4 is 60.5 Å². The second kappa shape index (κ2) is 13.7. The summed E-state index contributed by atoms with van der Waals surface area (Å²) in [6.07, 6.45) is 0. The molecule has 0 aliphatic heterocycles. The highest BCUT2D eigenvalue weighted by atomic mass is 16.3. The van der Waals surface area contributed by atoms with Gasteiger partial charge >= 0.3 is 0 Å². The van der Waals surface area contributed by atoms with E-state index in [4.69, 9.17) is 4.42 Å². The number of hydrogen-bond acceptors (Lipinski definition) is 2. The average Bonchev–Trinajstić information content (AvgIpc) is 3.80. The third-order valence-electron chi connectivity index (χ3n) is 13.1. The molecule has 0 fully saturated rings. The summed E-state index contributed by atoms with van der Waals surface area (Å²) < 4.78 is 6.42. The number of fused-ring (bicyclic) bond motifs is 9. The summed E-state index contributed by atoms with van der Waals surface area (Å²) in [5.74, 6) is 0. The molecule has 0 radical (unpaired) electrons. The molecule has 0 saturated heterocycles. The van der Waals surface area contributed by atoms with Crippen LogP contribution in [0, 0.1) is 0 Å². The molecular formula is C59H41NO. The van der Waals surface area contributed by atoms with Crippen LogP contribution in [0.3, 0.4) is 0 Å². The molecule has 11 aromatic rings. The number of anilines is 3. The maximum atomic E-state index is 6.42. The van der Waals surface area contributed by atoms with Gasteiger partial charge in [-0.2, -0.15) is 0 Å². The molecule has 1 aromatic heterocycles. The van der Waals surface area contributed by atoms with E-state index < -0.39 is 0 Å². The molecule has 0 spiro atoms. The molecule has 2 heteroatoms. The molecule has 1 aliphatic carbocycles. The van der Waals surface area contributed by atoms with Crippen LogP contribution in [-0.4, -0.2) is 0 Å². The summed E-state index contributed by atoms with van der Waals surface area (Å²) in [7, 11) is 0. The van der Waals surface area contributed by atoms with Crippen LogP contribution in [0.4, 0.5) is 17.1 Å². The summed E-state index contributed by atoms with van der Waals surface area (Å²) in [4.78, 5) is 2.42. The predicted octanol–water partition coefficient (Wildman–Crippen LogP) is 16.7. The van der Waals surface area contributed by atoms with Gasteiger partial charge in [0.1, 0.15) is 11.2 Å². The Balaban J connectivity index is 1.03. The molecule has 0 amide bonds. The number of nitrogens with zero attached hydrogens (tertiary/aromatic N) is 1. The lowest BCUT2D eigenvalue weighted by Gasteiger charge is -2.28. The van der Waals surface area contributed by atoms with Crippen LogP contribution in [0.2, 0.25) is 0 Å². The number of hydrogen-bond donors (Lipinski definition) is 0. The van der Waals surface area contributed by atoms with Gasteiger partial charge < -0.3 is 9.32 Å². The van der Waals surface area contributed by atoms with Crippen LogP contribution < -0.4 is 4.90 Å². The van der Waals surface area contributed by atoms with Crippen molar-refractivity contribution in [3.63, 3.8) is 0 Å². The Morgan fingerprint density at radius 1 is 0.361 bits per heavy atom. The van der Waals surface area contributed by atoms with Gasteiger partial charge in [-0.1, -0.05) is 178 Å². The molecule has 1 aliphatic rings. The number of rotatable bonds is 6. The molecule has 0 saturated carbocycles. The maximum absolute atomic E-state index is 6.42.